The quantitative estimate of drug-likeness (QED) is 0.700. The minimum absolute atomic E-state index is 0.283. The fraction of sp³-hybridized carbons (Fsp3) is 0.545. The molecule has 0 radical (unpaired) electrons. The zero-order valence-electron chi connectivity index (χ0n) is 10.8. The minimum Gasteiger partial charge on any atom is -0.378 e. The van der Waals surface area contributed by atoms with Gasteiger partial charge in [0.2, 0.25) is 5.95 Å². The maximum atomic E-state index is 12.0. The van der Waals surface area contributed by atoms with E-state index in [9.17, 15) is 9.59 Å². The molecule has 19 heavy (non-hydrogen) atoms. The van der Waals surface area contributed by atoms with Gasteiger partial charge in [0.1, 0.15) is 5.65 Å². The molecule has 3 heterocycles. The van der Waals surface area contributed by atoms with Crippen molar-refractivity contribution >= 4 is 17.1 Å². The van der Waals surface area contributed by atoms with Gasteiger partial charge in [0.25, 0.3) is 5.56 Å². The molecule has 1 N–H and O–H groups in total. The summed E-state index contributed by atoms with van der Waals surface area (Å²) >= 11 is 0. The highest BCUT2D eigenvalue weighted by Gasteiger charge is 2.18. The first-order chi connectivity index (χ1) is 9.09. The molecule has 1 aliphatic heterocycles. The van der Waals surface area contributed by atoms with Crippen molar-refractivity contribution in [1.82, 2.24) is 19.1 Å². The standard InChI is InChI=1S/C11H15N5O3/c1-14-8-7(9(17)15(2)11(14)18)12-10(13-8)16-3-5-19-6-4-16/h3-6H2,1-2H3,(H,12,13). The van der Waals surface area contributed by atoms with E-state index in [2.05, 4.69) is 9.97 Å². The van der Waals surface area contributed by atoms with Gasteiger partial charge in [-0.05, 0) is 0 Å². The van der Waals surface area contributed by atoms with Crippen LogP contribution in [0.2, 0.25) is 0 Å². The number of hydrogen-bond donors (Lipinski definition) is 1. The Balaban J connectivity index is 2.20. The summed E-state index contributed by atoms with van der Waals surface area (Å²) in [5.41, 5.74) is -0.00998. The van der Waals surface area contributed by atoms with Gasteiger partial charge >= 0.3 is 5.69 Å². The highest BCUT2D eigenvalue weighted by Crippen LogP contribution is 2.14. The second kappa shape index (κ2) is 4.23. The lowest BCUT2D eigenvalue weighted by atomic mass is 10.4. The lowest BCUT2D eigenvalue weighted by molar-refractivity contribution is 0.122. The molecule has 8 nitrogen and oxygen atoms in total. The molecule has 8 heteroatoms. The molecule has 0 aromatic carbocycles. The lowest BCUT2D eigenvalue weighted by Gasteiger charge is -2.25. The molecule has 0 aliphatic carbocycles. The number of ether oxygens (including phenoxy) is 1. The topological polar surface area (TPSA) is 85.2 Å². The van der Waals surface area contributed by atoms with Crippen LogP contribution in [0.1, 0.15) is 0 Å². The van der Waals surface area contributed by atoms with Crippen molar-refractivity contribution in [2.24, 2.45) is 14.1 Å². The van der Waals surface area contributed by atoms with E-state index in [4.69, 9.17) is 4.74 Å². The van der Waals surface area contributed by atoms with E-state index < -0.39 is 0 Å². The van der Waals surface area contributed by atoms with Crippen LogP contribution in [0.4, 0.5) is 5.95 Å². The Morgan fingerprint density at radius 2 is 1.84 bits per heavy atom. The Hall–Kier alpha value is -2.09. The molecule has 1 fully saturated rings. The largest absolute Gasteiger partial charge is 0.378 e. The van der Waals surface area contributed by atoms with Crippen LogP contribution in [0.25, 0.3) is 11.2 Å². The summed E-state index contributed by atoms with van der Waals surface area (Å²) in [6, 6.07) is 0. The van der Waals surface area contributed by atoms with Crippen LogP contribution < -0.4 is 16.1 Å². The van der Waals surface area contributed by atoms with Crippen LogP contribution in [0, 0.1) is 0 Å². The highest BCUT2D eigenvalue weighted by molar-refractivity contribution is 5.72. The predicted molar refractivity (Wildman–Crippen MR) is 69.6 cm³/mol. The molecule has 0 spiro atoms. The minimum atomic E-state index is -0.381. The number of anilines is 1. The number of rotatable bonds is 1. The molecule has 2 aromatic heterocycles. The lowest BCUT2D eigenvalue weighted by Crippen LogP contribution is -2.37. The van der Waals surface area contributed by atoms with Gasteiger partial charge in [-0.3, -0.25) is 13.9 Å². The van der Waals surface area contributed by atoms with Gasteiger partial charge in [-0.15, -0.1) is 0 Å². The number of aromatic amines is 1. The van der Waals surface area contributed by atoms with Crippen LogP contribution in [0.5, 0.6) is 0 Å². The first-order valence-electron chi connectivity index (χ1n) is 6.08. The van der Waals surface area contributed by atoms with Gasteiger partial charge < -0.3 is 14.6 Å². The van der Waals surface area contributed by atoms with Crippen molar-refractivity contribution in [2.75, 3.05) is 31.2 Å². The number of hydrogen-bond acceptors (Lipinski definition) is 5. The number of nitrogens with zero attached hydrogens (tertiary/aromatic N) is 4. The monoisotopic (exact) mass is 265 g/mol. The van der Waals surface area contributed by atoms with Crippen LogP contribution in [0.3, 0.4) is 0 Å². The molecule has 0 amide bonds. The average molecular weight is 265 g/mol. The maximum Gasteiger partial charge on any atom is 0.332 e. The molecular formula is C11H15N5O3. The smallest absolute Gasteiger partial charge is 0.332 e. The Morgan fingerprint density at radius 3 is 2.53 bits per heavy atom. The van der Waals surface area contributed by atoms with Crippen molar-refractivity contribution in [1.29, 1.82) is 0 Å². The third kappa shape index (κ3) is 1.75. The zero-order valence-corrected chi connectivity index (χ0v) is 10.8. The van der Waals surface area contributed by atoms with Crippen LogP contribution >= 0.6 is 0 Å². The van der Waals surface area contributed by atoms with Crippen molar-refractivity contribution in [3.05, 3.63) is 20.8 Å². The van der Waals surface area contributed by atoms with Crippen molar-refractivity contribution in [3.8, 4) is 0 Å². The summed E-state index contributed by atoms with van der Waals surface area (Å²) in [4.78, 5) is 33.2. The molecule has 0 bridgehead atoms. The number of imidazole rings is 1. The van der Waals surface area contributed by atoms with Crippen molar-refractivity contribution < 1.29 is 4.74 Å². The molecule has 1 aliphatic rings. The Morgan fingerprint density at radius 1 is 1.16 bits per heavy atom. The number of H-pyrrole nitrogens is 1. The van der Waals surface area contributed by atoms with E-state index in [1.807, 2.05) is 4.90 Å². The van der Waals surface area contributed by atoms with E-state index in [0.717, 1.165) is 4.57 Å². The number of nitrogens with one attached hydrogen (secondary N) is 1. The van der Waals surface area contributed by atoms with Gasteiger partial charge in [0.05, 0.1) is 13.2 Å². The SMILES string of the molecule is Cn1c(=O)c2nc(N3CCOCC3)[nH]c2n(C)c1=O. The summed E-state index contributed by atoms with van der Waals surface area (Å²) in [5.74, 6) is 0.608. The molecule has 102 valence electrons. The molecule has 2 aromatic rings. The first-order valence-corrected chi connectivity index (χ1v) is 6.08. The molecule has 1 saturated heterocycles. The first kappa shape index (κ1) is 12.0. The van der Waals surface area contributed by atoms with Gasteiger partial charge in [0, 0.05) is 27.2 Å². The average Bonchev–Trinajstić information content (AvgIpc) is 2.89. The fourth-order valence-electron chi connectivity index (χ4n) is 2.24. The van der Waals surface area contributed by atoms with Crippen LogP contribution in [-0.2, 0) is 18.8 Å². The number of morpholine rings is 1. The summed E-state index contributed by atoms with van der Waals surface area (Å²) in [6.45, 7) is 2.70. The second-order valence-corrected chi connectivity index (χ2v) is 4.56. The van der Waals surface area contributed by atoms with E-state index >= 15 is 0 Å². The number of aromatic nitrogens is 4. The Bertz CT molecular complexity index is 735. The Kier molecular flexibility index (Phi) is 2.67. The molecule has 3 rings (SSSR count). The van der Waals surface area contributed by atoms with Crippen molar-refractivity contribution in [2.45, 2.75) is 0 Å². The van der Waals surface area contributed by atoms with Crippen LogP contribution in [0.15, 0.2) is 9.59 Å². The normalized spacial score (nSPS) is 16.2. The van der Waals surface area contributed by atoms with E-state index in [1.165, 1.54) is 11.6 Å². The van der Waals surface area contributed by atoms with E-state index in [1.54, 1.807) is 7.05 Å². The second-order valence-electron chi connectivity index (χ2n) is 4.56. The number of fused-ring (bicyclic) bond motifs is 1. The van der Waals surface area contributed by atoms with Crippen molar-refractivity contribution in [3.63, 3.8) is 0 Å². The van der Waals surface area contributed by atoms with Gasteiger partial charge in [-0.25, -0.2) is 9.78 Å². The maximum absolute atomic E-state index is 12.0. The third-order valence-corrected chi connectivity index (χ3v) is 3.40. The summed E-state index contributed by atoms with van der Waals surface area (Å²) in [5, 5.41) is 0. The zero-order chi connectivity index (χ0) is 13.6. The molecule has 0 unspecified atom stereocenters. The molecule has 0 atom stereocenters. The van der Waals surface area contributed by atoms with Gasteiger partial charge in [-0.2, -0.15) is 0 Å². The van der Waals surface area contributed by atoms with Gasteiger partial charge in [-0.1, -0.05) is 0 Å². The van der Waals surface area contributed by atoms with Gasteiger partial charge in [0.15, 0.2) is 5.52 Å². The fourth-order valence-corrected chi connectivity index (χ4v) is 2.24. The summed E-state index contributed by atoms with van der Waals surface area (Å²) in [7, 11) is 3.07. The third-order valence-electron chi connectivity index (χ3n) is 3.40. The number of aryl methyl sites for hydroxylation is 1. The molecular weight excluding hydrogens is 250 g/mol. The predicted octanol–water partition coefficient (Wildman–Crippen LogP) is -1.20. The van der Waals surface area contributed by atoms with E-state index in [-0.39, 0.29) is 16.8 Å². The highest BCUT2D eigenvalue weighted by atomic mass is 16.5. The summed E-state index contributed by atoms with van der Waals surface area (Å²) < 4.78 is 7.73. The summed E-state index contributed by atoms with van der Waals surface area (Å²) in [6.07, 6.45) is 0. The molecule has 0 saturated carbocycles. The Labute approximate surface area is 108 Å². The van der Waals surface area contributed by atoms with Crippen LogP contribution in [-0.4, -0.2) is 45.4 Å². The van der Waals surface area contributed by atoms with E-state index in [0.29, 0.717) is 37.9 Å².